The number of rotatable bonds is 20. The number of ether oxygens (including phenoxy) is 2. The summed E-state index contributed by atoms with van der Waals surface area (Å²) in [5.74, 6) is 1.11. The summed E-state index contributed by atoms with van der Waals surface area (Å²) >= 11 is 3.50. The van der Waals surface area contributed by atoms with Gasteiger partial charge in [-0.1, -0.05) is 11.8 Å². The van der Waals surface area contributed by atoms with Crippen molar-refractivity contribution in [3.63, 3.8) is 0 Å². The molecule has 0 amide bonds. The first-order valence-corrected chi connectivity index (χ1v) is 24.0. The molecule has 0 aliphatic heterocycles. The van der Waals surface area contributed by atoms with Crippen molar-refractivity contribution in [3.8, 4) is 11.5 Å². The summed E-state index contributed by atoms with van der Waals surface area (Å²) in [5, 5.41) is 28.3. The Bertz CT molecular complexity index is 2710. The second-order valence-electron chi connectivity index (χ2n) is 13.5. The molecule has 3 heterocycles. The van der Waals surface area contributed by atoms with Crippen molar-refractivity contribution < 1.29 is 22.4 Å². The molecule has 18 nitrogen and oxygen atoms in total. The van der Waals surface area contributed by atoms with Gasteiger partial charge in [-0.05, 0) is 124 Å². The van der Waals surface area contributed by atoms with Gasteiger partial charge in [-0.25, -0.2) is 0 Å². The molecule has 0 atom stereocenters. The Hall–Kier alpha value is -6.07. The predicted octanol–water partition coefficient (Wildman–Crippen LogP) is 11.1. The third-order valence-electron chi connectivity index (χ3n) is 9.72. The second-order valence-corrected chi connectivity index (χ2v) is 17.7. The molecule has 3 N–H and O–H groups in total. The van der Waals surface area contributed by atoms with Gasteiger partial charge in [0.25, 0.3) is 10.1 Å². The van der Waals surface area contributed by atoms with Gasteiger partial charge in [0.2, 0.25) is 11.9 Å². The molecule has 328 valence electrons. The highest BCUT2D eigenvalue weighted by Gasteiger charge is 2.17. The van der Waals surface area contributed by atoms with Gasteiger partial charge in [0, 0.05) is 54.1 Å². The van der Waals surface area contributed by atoms with Crippen molar-refractivity contribution in [1.29, 1.82) is 0 Å². The number of benzene rings is 4. The van der Waals surface area contributed by atoms with Crippen molar-refractivity contribution >= 4 is 123 Å². The maximum atomic E-state index is 11.7. The lowest BCUT2D eigenvalue weighted by Gasteiger charge is -2.22. The number of thioether (sulfide) groups is 1. The fourth-order valence-corrected chi connectivity index (χ4v) is 9.44. The number of fused-ring (bicyclic) bond motifs is 2. The van der Waals surface area contributed by atoms with Gasteiger partial charge in [-0.15, -0.1) is 20.5 Å². The lowest BCUT2D eigenvalue weighted by atomic mass is 10.2. The average molecular weight is 928 g/mol. The van der Waals surface area contributed by atoms with Crippen LogP contribution in [-0.4, -0.2) is 88.6 Å². The minimum absolute atomic E-state index is 0.0171. The summed E-state index contributed by atoms with van der Waals surface area (Å²) < 4.78 is 52.8. The molecule has 4 aromatic carbocycles. The lowest BCUT2D eigenvalue weighted by molar-refractivity contribution is 0.415. The van der Waals surface area contributed by atoms with E-state index in [0.29, 0.717) is 44.3 Å². The third kappa shape index (κ3) is 11.1. The molecule has 7 aromatic rings. The van der Waals surface area contributed by atoms with Crippen LogP contribution in [0.15, 0.2) is 98.4 Å². The van der Waals surface area contributed by atoms with E-state index in [0.717, 1.165) is 71.1 Å². The van der Waals surface area contributed by atoms with Crippen molar-refractivity contribution in [2.75, 3.05) is 72.3 Å². The summed E-state index contributed by atoms with van der Waals surface area (Å²) in [6.45, 7) is 11.4. The molecule has 0 radical (unpaired) electrons. The van der Waals surface area contributed by atoms with Gasteiger partial charge in [-0.2, -0.15) is 32.1 Å². The maximum Gasteiger partial charge on any atom is 0.265 e. The van der Waals surface area contributed by atoms with Crippen LogP contribution < -0.4 is 29.9 Å². The van der Waals surface area contributed by atoms with E-state index in [1.165, 1.54) is 23.1 Å². The number of hydrogen-bond acceptors (Lipinski definition) is 20. The molecular formula is C41H45N13O5S4. The van der Waals surface area contributed by atoms with Crippen LogP contribution in [0.4, 0.5) is 56.0 Å². The smallest absolute Gasteiger partial charge is 0.265 e. The minimum atomic E-state index is -4.24. The van der Waals surface area contributed by atoms with Gasteiger partial charge in [0.15, 0.2) is 15.2 Å². The van der Waals surface area contributed by atoms with Crippen LogP contribution in [0.2, 0.25) is 0 Å². The standard InChI is InChI=1S/C41H45N13O5S4/c1-7-53(8-2)25-11-15-33(47-49-37-29-23-27(58-5)13-17-31(29)51-61-37)35(21-25)42-39-44-40(46-41(45-39)60-19-20-63(55,56)57)43-36-22-26(54(9-3)10-4)12-16-34(36)48-50-38-30-24-28(59-6)14-18-32(30)52-62-38/h11-18,21-24H,7-10,19-20H2,1-6H3,(H,55,56,57)(H2,42,43,44,45,46)/b49-47+,50-48+. The summed E-state index contributed by atoms with van der Waals surface area (Å²) in [6, 6.07) is 22.8. The number of hydrogen-bond donors (Lipinski definition) is 3. The summed E-state index contributed by atoms with van der Waals surface area (Å²) in [7, 11) is -1.03. The molecule has 22 heteroatoms. The van der Waals surface area contributed by atoms with E-state index in [4.69, 9.17) is 14.5 Å². The first kappa shape index (κ1) is 45.0. The minimum Gasteiger partial charge on any atom is -0.497 e. The molecule has 3 aromatic heterocycles. The van der Waals surface area contributed by atoms with Crippen LogP contribution >= 0.6 is 34.8 Å². The zero-order valence-corrected chi connectivity index (χ0v) is 38.6. The highest BCUT2D eigenvalue weighted by atomic mass is 32.2. The number of azo groups is 2. The summed E-state index contributed by atoms with van der Waals surface area (Å²) in [5.41, 5.74) is 5.50. The molecule has 0 unspecified atom stereocenters. The van der Waals surface area contributed by atoms with E-state index in [9.17, 15) is 13.0 Å². The first-order valence-electron chi connectivity index (χ1n) is 19.9. The van der Waals surface area contributed by atoms with E-state index in [2.05, 4.69) is 87.3 Å². The molecule has 0 spiro atoms. The van der Waals surface area contributed by atoms with Gasteiger partial charge >= 0.3 is 0 Å². The topological polar surface area (TPSA) is 217 Å². The Morgan fingerprint density at radius 2 is 1.11 bits per heavy atom. The Kier molecular flexibility index (Phi) is 14.6. The van der Waals surface area contributed by atoms with E-state index < -0.39 is 15.9 Å². The van der Waals surface area contributed by atoms with E-state index in [1.54, 1.807) is 14.2 Å². The zero-order chi connectivity index (χ0) is 44.5. The average Bonchev–Trinajstić information content (AvgIpc) is 3.89. The van der Waals surface area contributed by atoms with Crippen molar-refractivity contribution in [2.45, 2.75) is 32.9 Å². The second kappa shape index (κ2) is 20.4. The van der Waals surface area contributed by atoms with Crippen molar-refractivity contribution in [2.24, 2.45) is 20.5 Å². The van der Waals surface area contributed by atoms with Crippen molar-refractivity contribution in [1.82, 2.24) is 23.7 Å². The lowest BCUT2D eigenvalue weighted by Crippen LogP contribution is -2.21. The maximum absolute atomic E-state index is 11.7. The Morgan fingerprint density at radius 1 is 0.651 bits per heavy atom. The number of methoxy groups -OCH3 is 2. The predicted molar refractivity (Wildman–Crippen MR) is 254 cm³/mol. The van der Waals surface area contributed by atoms with Crippen LogP contribution in [0, 0.1) is 0 Å². The number of anilines is 6. The van der Waals surface area contributed by atoms with Crippen LogP contribution in [0.5, 0.6) is 11.5 Å². The van der Waals surface area contributed by atoms with Crippen molar-refractivity contribution in [3.05, 3.63) is 72.8 Å². The number of aromatic nitrogens is 5. The Morgan fingerprint density at radius 3 is 1.52 bits per heavy atom. The molecule has 63 heavy (non-hydrogen) atoms. The van der Waals surface area contributed by atoms with E-state index >= 15 is 0 Å². The number of nitrogens with one attached hydrogen (secondary N) is 2. The fraction of sp³-hybridized carbons (Fsp3) is 0.293. The molecule has 7 rings (SSSR count). The van der Waals surface area contributed by atoms with Crippen LogP contribution in [0.25, 0.3) is 21.8 Å². The molecule has 0 saturated carbocycles. The van der Waals surface area contributed by atoms with Gasteiger partial charge in [-0.3, -0.25) is 4.55 Å². The van der Waals surface area contributed by atoms with Gasteiger partial charge in [0.05, 0.1) is 42.4 Å². The zero-order valence-electron chi connectivity index (χ0n) is 35.3. The monoisotopic (exact) mass is 927 g/mol. The van der Waals surface area contributed by atoms with Crippen LogP contribution in [0.3, 0.4) is 0 Å². The largest absolute Gasteiger partial charge is 0.497 e. The molecular weight excluding hydrogens is 883 g/mol. The highest BCUT2D eigenvalue weighted by Crippen LogP contribution is 2.40. The molecule has 0 fully saturated rings. The van der Waals surface area contributed by atoms with Crippen LogP contribution in [-0.2, 0) is 10.1 Å². The molecule has 0 aliphatic carbocycles. The first-order chi connectivity index (χ1) is 30.5. The molecule has 0 saturated heterocycles. The third-order valence-corrected chi connectivity index (χ3v) is 13.1. The highest BCUT2D eigenvalue weighted by molar-refractivity contribution is 8.00. The summed E-state index contributed by atoms with van der Waals surface area (Å²) in [4.78, 5) is 18.5. The Labute approximate surface area is 377 Å². The Balaban J connectivity index is 1.29. The normalized spacial score (nSPS) is 11.9. The van der Waals surface area contributed by atoms with Gasteiger partial charge < -0.3 is 29.9 Å². The fourth-order valence-electron chi connectivity index (χ4n) is 6.42. The van der Waals surface area contributed by atoms with E-state index in [1.807, 2.05) is 72.8 Å². The van der Waals surface area contributed by atoms with E-state index in [-0.39, 0.29) is 22.8 Å². The van der Waals surface area contributed by atoms with Gasteiger partial charge in [0.1, 0.15) is 22.9 Å². The quantitative estimate of drug-likeness (QED) is 0.0368. The number of nitrogens with zero attached hydrogens (tertiary/aromatic N) is 11. The van der Waals surface area contributed by atoms with Crippen LogP contribution in [0.1, 0.15) is 27.7 Å². The molecule has 0 aliphatic rings. The summed E-state index contributed by atoms with van der Waals surface area (Å²) in [6.07, 6.45) is 0. The SMILES string of the molecule is CCN(CC)c1ccc(/N=N/c2snc3ccc(OC)cc23)c(Nc2nc(Nc3cc(N(CC)CC)ccc3/N=N/c3snc4ccc(OC)cc34)nc(SCCS(=O)(=O)O)n2)c1. The molecule has 0 bridgehead atoms.